The van der Waals surface area contributed by atoms with E-state index in [4.69, 9.17) is 19.4 Å². The first-order valence-corrected chi connectivity index (χ1v) is 11.7. The number of carbonyl (C=O) groups is 1. The fraction of sp³-hybridized carbons (Fsp3) is 0.423. The van der Waals surface area contributed by atoms with Gasteiger partial charge in [0.15, 0.2) is 11.5 Å². The largest absolute Gasteiger partial charge is 0.493 e. The minimum Gasteiger partial charge on any atom is -0.493 e. The Balaban J connectivity index is 1.32. The minimum atomic E-state index is 0.0213. The number of nitrogens with zero attached hydrogens (tertiary/aromatic N) is 3. The van der Waals surface area contributed by atoms with Gasteiger partial charge in [0.05, 0.1) is 19.7 Å². The maximum Gasteiger partial charge on any atom is 0.225 e. The molecular formula is C26H33N5O3. The summed E-state index contributed by atoms with van der Waals surface area (Å²) in [6, 6.07) is 14.0. The second-order valence-corrected chi connectivity index (χ2v) is 8.88. The maximum absolute atomic E-state index is 12.8. The number of hydrogen-bond donors (Lipinski definition) is 2. The number of methoxy groups -OCH3 is 2. The third-order valence-corrected chi connectivity index (χ3v) is 6.35. The molecule has 0 bridgehead atoms. The standard InChI is InChI=1S/C26H33N5O3/c1-31(2)24-20-7-5-6-8-21(20)29-26(30-24)28-19-12-10-18(11-13-19)25(32)27-16-17-9-14-22(33-3)23(15-17)34-4/h5-9,14-15,18-19H,10-13,16H2,1-4H3,(H,27,32)(H,28,29,30). The van der Waals surface area contributed by atoms with Gasteiger partial charge < -0.3 is 25.0 Å². The Bertz CT molecular complexity index is 1140. The lowest BCUT2D eigenvalue weighted by atomic mass is 9.85. The quantitative estimate of drug-likeness (QED) is 0.522. The van der Waals surface area contributed by atoms with Crippen molar-refractivity contribution in [3.05, 3.63) is 48.0 Å². The number of amides is 1. The molecule has 180 valence electrons. The molecule has 4 rings (SSSR count). The predicted molar refractivity (Wildman–Crippen MR) is 135 cm³/mol. The molecule has 0 spiro atoms. The highest BCUT2D eigenvalue weighted by molar-refractivity contribution is 5.90. The van der Waals surface area contributed by atoms with E-state index >= 15 is 0 Å². The highest BCUT2D eigenvalue weighted by atomic mass is 16.5. The molecule has 3 aromatic rings. The Hall–Kier alpha value is -3.55. The van der Waals surface area contributed by atoms with Gasteiger partial charge in [0.25, 0.3) is 0 Å². The van der Waals surface area contributed by atoms with Crippen LogP contribution in [-0.4, -0.2) is 50.2 Å². The normalized spacial score (nSPS) is 17.8. The lowest BCUT2D eigenvalue weighted by molar-refractivity contribution is -0.126. The molecule has 1 saturated carbocycles. The van der Waals surface area contributed by atoms with E-state index in [1.807, 2.05) is 61.5 Å². The highest BCUT2D eigenvalue weighted by Crippen LogP contribution is 2.30. The number of rotatable bonds is 8. The average Bonchev–Trinajstić information content (AvgIpc) is 2.86. The summed E-state index contributed by atoms with van der Waals surface area (Å²) >= 11 is 0. The number of benzene rings is 2. The predicted octanol–water partition coefficient (Wildman–Crippen LogP) is 4.00. The van der Waals surface area contributed by atoms with Crippen LogP contribution in [0.3, 0.4) is 0 Å². The van der Waals surface area contributed by atoms with Crippen LogP contribution in [0.15, 0.2) is 42.5 Å². The van der Waals surface area contributed by atoms with Crippen molar-refractivity contribution in [3.63, 3.8) is 0 Å². The lowest BCUT2D eigenvalue weighted by Gasteiger charge is -2.28. The Labute approximate surface area is 200 Å². The number of carbonyl (C=O) groups excluding carboxylic acids is 1. The Morgan fingerprint density at radius 3 is 2.44 bits per heavy atom. The number of aromatic nitrogens is 2. The van der Waals surface area contributed by atoms with E-state index < -0.39 is 0 Å². The molecule has 0 saturated heterocycles. The average molecular weight is 464 g/mol. The van der Waals surface area contributed by atoms with Gasteiger partial charge in [-0.15, -0.1) is 0 Å². The lowest BCUT2D eigenvalue weighted by Crippen LogP contribution is -2.35. The van der Waals surface area contributed by atoms with Crippen molar-refractivity contribution in [2.24, 2.45) is 5.92 Å². The Morgan fingerprint density at radius 1 is 1.00 bits per heavy atom. The summed E-state index contributed by atoms with van der Waals surface area (Å²) in [5, 5.41) is 7.61. The fourth-order valence-electron chi connectivity index (χ4n) is 4.47. The molecule has 1 fully saturated rings. The molecular weight excluding hydrogens is 430 g/mol. The van der Waals surface area contributed by atoms with Crippen LogP contribution >= 0.6 is 0 Å². The topological polar surface area (TPSA) is 88.6 Å². The van der Waals surface area contributed by atoms with E-state index in [1.54, 1.807) is 14.2 Å². The zero-order valence-corrected chi connectivity index (χ0v) is 20.3. The summed E-state index contributed by atoms with van der Waals surface area (Å²) in [4.78, 5) is 24.2. The molecule has 34 heavy (non-hydrogen) atoms. The van der Waals surface area contributed by atoms with E-state index in [9.17, 15) is 4.79 Å². The molecule has 1 aliphatic rings. The molecule has 1 heterocycles. The van der Waals surface area contributed by atoms with Gasteiger partial charge in [-0.25, -0.2) is 4.98 Å². The molecule has 1 aliphatic carbocycles. The van der Waals surface area contributed by atoms with Crippen molar-refractivity contribution in [3.8, 4) is 11.5 Å². The van der Waals surface area contributed by atoms with Gasteiger partial charge in [-0.05, 0) is 55.5 Å². The first-order valence-electron chi connectivity index (χ1n) is 11.7. The Morgan fingerprint density at radius 2 is 1.74 bits per heavy atom. The molecule has 0 aliphatic heterocycles. The van der Waals surface area contributed by atoms with Gasteiger partial charge in [0, 0.05) is 38.0 Å². The number of fused-ring (bicyclic) bond motifs is 1. The summed E-state index contributed by atoms with van der Waals surface area (Å²) in [5.74, 6) is 3.00. The highest BCUT2D eigenvalue weighted by Gasteiger charge is 2.27. The van der Waals surface area contributed by atoms with E-state index in [-0.39, 0.29) is 17.9 Å². The van der Waals surface area contributed by atoms with Crippen LogP contribution < -0.4 is 25.0 Å². The summed E-state index contributed by atoms with van der Waals surface area (Å²) in [5.41, 5.74) is 1.90. The molecule has 0 atom stereocenters. The van der Waals surface area contributed by atoms with Crippen molar-refractivity contribution in [2.75, 3.05) is 38.5 Å². The second-order valence-electron chi connectivity index (χ2n) is 8.88. The van der Waals surface area contributed by atoms with Gasteiger partial charge in [0.2, 0.25) is 11.9 Å². The van der Waals surface area contributed by atoms with Crippen LogP contribution in [0.25, 0.3) is 10.9 Å². The van der Waals surface area contributed by atoms with Crippen LogP contribution in [0, 0.1) is 5.92 Å². The van der Waals surface area contributed by atoms with Crippen molar-refractivity contribution in [1.82, 2.24) is 15.3 Å². The van der Waals surface area contributed by atoms with Gasteiger partial charge in [-0.2, -0.15) is 4.98 Å². The molecule has 0 radical (unpaired) electrons. The maximum atomic E-state index is 12.8. The number of anilines is 2. The van der Waals surface area contributed by atoms with Gasteiger partial charge in [-0.3, -0.25) is 4.79 Å². The van der Waals surface area contributed by atoms with Crippen LogP contribution in [0.4, 0.5) is 11.8 Å². The molecule has 8 nitrogen and oxygen atoms in total. The van der Waals surface area contributed by atoms with Crippen LogP contribution in [-0.2, 0) is 11.3 Å². The molecule has 8 heteroatoms. The summed E-state index contributed by atoms with van der Waals surface area (Å²) in [7, 11) is 7.20. The van der Waals surface area contributed by atoms with Crippen molar-refractivity contribution < 1.29 is 14.3 Å². The fourth-order valence-corrected chi connectivity index (χ4v) is 4.47. The minimum absolute atomic E-state index is 0.0213. The van der Waals surface area contributed by atoms with Crippen molar-refractivity contribution in [1.29, 1.82) is 0 Å². The molecule has 2 N–H and O–H groups in total. The van der Waals surface area contributed by atoms with E-state index in [1.165, 1.54) is 0 Å². The number of nitrogens with one attached hydrogen (secondary N) is 2. The van der Waals surface area contributed by atoms with E-state index in [0.717, 1.165) is 48.0 Å². The van der Waals surface area contributed by atoms with Crippen LogP contribution in [0.5, 0.6) is 11.5 Å². The summed E-state index contributed by atoms with van der Waals surface area (Å²) in [6.45, 7) is 0.468. The van der Waals surface area contributed by atoms with Crippen LogP contribution in [0.1, 0.15) is 31.2 Å². The van der Waals surface area contributed by atoms with Gasteiger partial charge in [0.1, 0.15) is 5.82 Å². The Kier molecular flexibility index (Phi) is 7.35. The third-order valence-electron chi connectivity index (χ3n) is 6.35. The molecule has 2 aromatic carbocycles. The summed E-state index contributed by atoms with van der Waals surface area (Å²) in [6.07, 6.45) is 3.48. The van der Waals surface area contributed by atoms with Crippen LogP contribution in [0.2, 0.25) is 0 Å². The monoisotopic (exact) mass is 463 g/mol. The number of para-hydroxylation sites is 1. The smallest absolute Gasteiger partial charge is 0.225 e. The zero-order chi connectivity index (χ0) is 24.1. The molecule has 1 aromatic heterocycles. The first kappa shape index (κ1) is 23.6. The van der Waals surface area contributed by atoms with E-state index in [0.29, 0.717) is 24.0 Å². The van der Waals surface area contributed by atoms with Gasteiger partial charge in [-0.1, -0.05) is 18.2 Å². The third kappa shape index (κ3) is 5.32. The zero-order valence-electron chi connectivity index (χ0n) is 20.3. The van der Waals surface area contributed by atoms with Gasteiger partial charge >= 0.3 is 0 Å². The second kappa shape index (κ2) is 10.6. The molecule has 1 amide bonds. The van der Waals surface area contributed by atoms with Crippen molar-refractivity contribution >= 4 is 28.6 Å². The van der Waals surface area contributed by atoms with E-state index in [2.05, 4.69) is 10.6 Å². The molecule has 0 unspecified atom stereocenters. The number of hydrogen-bond acceptors (Lipinski definition) is 7. The SMILES string of the molecule is COc1ccc(CNC(=O)C2CCC(Nc3nc(N(C)C)c4ccccc4n3)CC2)cc1OC. The summed E-state index contributed by atoms with van der Waals surface area (Å²) < 4.78 is 10.6. The number of ether oxygens (including phenoxy) is 2. The van der Waals surface area contributed by atoms with Crippen molar-refractivity contribution in [2.45, 2.75) is 38.3 Å². The first-order chi connectivity index (χ1) is 16.5.